The number of hydrogen-bond acceptors (Lipinski definition) is 19. The molecule has 1 aromatic carbocycles. The lowest BCUT2D eigenvalue weighted by atomic mass is 9.74. The van der Waals surface area contributed by atoms with Gasteiger partial charge in [-0.2, -0.15) is 4.73 Å². The zero-order chi connectivity index (χ0) is 58.5. The van der Waals surface area contributed by atoms with Gasteiger partial charge in [0.15, 0.2) is 18.8 Å². The van der Waals surface area contributed by atoms with Crippen LogP contribution in [0.15, 0.2) is 48.8 Å². The van der Waals surface area contributed by atoms with E-state index in [0.29, 0.717) is 40.9 Å². The number of likely N-dealkylation sites (N-methyl/N-ethyl adjacent to an activating group) is 1. The third-order valence-electron chi connectivity index (χ3n) is 17.3. The predicted octanol–water partition coefficient (Wildman–Crippen LogP) is 4.34. The maximum absolute atomic E-state index is 15.0. The molecule has 22 heteroatoms. The van der Waals surface area contributed by atoms with Gasteiger partial charge < -0.3 is 73.5 Å². The van der Waals surface area contributed by atoms with Crippen LogP contribution in [0.5, 0.6) is 0 Å². The van der Waals surface area contributed by atoms with Crippen LogP contribution in [0.4, 0.5) is 4.39 Å². The van der Waals surface area contributed by atoms with Gasteiger partial charge in [0.05, 0.1) is 53.3 Å². The number of alkyl halides is 1. The number of nitrogens with zero attached hydrogens (tertiary/aromatic N) is 5. The fourth-order valence-corrected chi connectivity index (χ4v) is 12.0. The Bertz CT molecular complexity index is 2450. The van der Waals surface area contributed by atoms with Crippen LogP contribution < -0.4 is 4.73 Å². The number of esters is 1. The van der Waals surface area contributed by atoms with Gasteiger partial charge in [-0.25, -0.2) is 9.07 Å². The Morgan fingerprint density at radius 1 is 0.911 bits per heavy atom. The second-order valence-corrected chi connectivity index (χ2v) is 23.0. The van der Waals surface area contributed by atoms with E-state index in [4.69, 9.17) is 37.9 Å². The average Bonchev–Trinajstić information content (AvgIpc) is 3.94. The van der Waals surface area contributed by atoms with Gasteiger partial charge in [0, 0.05) is 82.3 Å². The average molecular weight is 1120 g/mol. The largest absolute Gasteiger partial charge is 0.618 e. The lowest BCUT2D eigenvalue weighted by molar-refractivity contribution is -0.615. The summed E-state index contributed by atoms with van der Waals surface area (Å²) in [5.74, 6) is -4.95. The summed E-state index contributed by atoms with van der Waals surface area (Å²) in [5, 5.41) is 77.4. The number of carbonyl (C=O) groups excluding carboxylic acids is 2. The van der Waals surface area contributed by atoms with E-state index in [-0.39, 0.29) is 37.3 Å². The van der Waals surface area contributed by atoms with Crippen molar-refractivity contribution in [2.75, 3.05) is 41.6 Å². The van der Waals surface area contributed by atoms with E-state index in [9.17, 15) is 44.7 Å². The van der Waals surface area contributed by atoms with Crippen molar-refractivity contribution in [2.24, 2.45) is 23.7 Å². The maximum Gasteiger partial charge on any atom is 0.311 e. The van der Waals surface area contributed by atoms with E-state index in [2.05, 4.69) is 10.3 Å². The fourth-order valence-electron chi connectivity index (χ4n) is 12.0. The molecular weight excluding hydrogens is 1030 g/mol. The third-order valence-corrected chi connectivity index (χ3v) is 17.3. The van der Waals surface area contributed by atoms with Crippen LogP contribution in [0.1, 0.15) is 124 Å². The van der Waals surface area contributed by atoms with E-state index in [1.54, 1.807) is 72.0 Å². The van der Waals surface area contributed by atoms with Crippen molar-refractivity contribution < 1.29 is 82.1 Å². The molecule has 5 N–H and O–H groups in total. The number of carbonyl (C=O) groups is 2. The van der Waals surface area contributed by atoms with Gasteiger partial charge in [-0.15, -0.1) is 5.10 Å². The second-order valence-electron chi connectivity index (χ2n) is 23.0. The first-order valence-corrected chi connectivity index (χ1v) is 27.6. The molecule has 3 fully saturated rings. The predicted molar refractivity (Wildman–Crippen MR) is 285 cm³/mol. The Kier molecular flexibility index (Phi) is 21.8. The molecule has 3 aromatic rings. The van der Waals surface area contributed by atoms with E-state index < -0.39 is 133 Å². The number of methoxy groups -OCH3 is 3. The highest BCUT2D eigenvalue weighted by Crippen LogP contribution is 2.42. The second kappa shape index (κ2) is 26.8. The summed E-state index contributed by atoms with van der Waals surface area (Å²) in [5.41, 5.74) is -1.66. The van der Waals surface area contributed by atoms with Crippen molar-refractivity contribution >= 4 is 11.8 Å². The highest BCUT2D eigenvalue weighted by atomic mass is 19.1. The molecule has 21 nitrogen and oxygen atoms in total. The maximum atomic E-state index is 15.0. The zero-order valence-electron chi connectivity index (χ0n) is 48.4. The topological polar surface area (TPSA) is 270 Å². The van der Waals surface area contributed by atoms with Gasteiger partial charge in [-0.05, 0) is 85.0 Å². The number of pyridine rings is 1. The summed E-state index contributed by atoms with van der Waals surface area (Å²) >= 11 is 0. The Labute approximate surface area is 464 Å². The minimum atomic E-state index is -2.03. The van der Waals surface area contributed by atoms with Crippen LogP contribution in [0.25, 0.3) is 11.1 Å². The Balaban J connectivity index is 1.26. The number of aliphatic hydroxyl groups excluding tert-OH is 4. The normalized spacial score (nSPS) is 37.1. The van der Waals surface area contributed by atoms with E-state index >= 15 is 0 Å². The molecular formula is C57H88FN5O16. The molecule has 79 heavy (non-hydrogen) atoms. The quantitative estimate of drug-likeness (QED) is 0.0674. The number of Topliss-reactive ketones (excluding diaryl/α,β-unsaturated/α-hetero) is 1. The Morgan fingerprint density at radius 2 is 1.57 bits per heavy atom. The van der Waals surface area contributed by atoms with Crippen LogP contribution in [-0.2, 0) is 60.5 Å². The van der Waals surface area contributed by atoms with E-state index in [1.165, 1.54) is 46.1 Å². The molecule has 3 aliphatic rings. The highest BCUT2D eigenvalue weighted by molar-refractivity contribution is 5.83. The summed E-state index contributed by atoms with van der Waals surface area (Å²) in [6.45, 7) is 16.0. The minimum absolute atomic E-state index is 0.0262. The third kappa shape index (κ3) is 14.0. The van der Waals surface area contributed by atoms with Crippen molar-refractivity contribution in [3.8, 4) is 11.1 Å². The number of rotatable bonds is 18. The Hall–Kier alpha value is -4.14. The Morgan fingerprint density at radius 3 is 2.16 bits per heavy atom. The first-order valence-electron chi connectivity index (χ1n) is 27.6. The van der Waals surface area contributed by atoms with Gasteiger partial charge in [0.25, 0.3) is 0 Å². The number of ketones is 1. The van der Waals surface area contributed by atoms with Crippen LogP contribution in [0.3, 0.4) is 0 Å². The molecule has 0 bridgehead atoms. The molecule has 6 rings (SSSR count). The number of aromatic nitrogens is 4. The number of cyclic esters (lactones) is 1. The first-order chi connectivity index (χ1) is 37.2. The van der Waals surface area contributed by atoms with Crippen molar-refractivity contribution in [1.29, 1.82) is 0 Å². The molecule has 20 atom stereocenters. The van der Waals surface area contributed by atoms with Crippen molar-refractivity contribution in [2.45, 2.75) is 204 Å². The first kappa shape index (κ1) is 64.0. The molecule has 0 spiro atoms. The lowest BCUT2D eigenvalue weighted by Gasteiger charge is -2.50. The molecule has 3 aliphatic heterocycles. The van der Waals surface area contributed by atoms with Gasteiger partial charge >= 0.3 is 5.97 Å². The van der Waals surface area contributed by atoms with Gasteiger partial charge in [-0.1, -0.05) is 57.2 Å². The molecule has 2 aromatic heterocycles. The van der Waals surface area contributed by atoms with Crippen molar-refractivity contribution in [3.05, 3.63) is 71.0 Å². The summed E-state index contributed by atoms with van der Waals surface area (Å²) in [6.07, 6.45) is -7.57. The molecule has 0 unspecified atom stereocenters. The molecule has 0 aliphatic carbocycles. The molecule has 3 saturated heterocycles. The number of hydrogen-bond donors (Lipinski definition) is 5. The van der Waals surface area contributed by atoms with E-state index in [1.807, 2.05) is 37.9 Å². The minimum Gasteiger partial charge on any atom is -0.618 e. The smallest absolute Gasteiger partial charge is 0.311 e. The number of benzene rings is 1. The monoisotopic (exact) mass is 1120 g/mol. The van der Waals surface area contributed by atoms with E-state index in [0.717, 1.165) is 5.56 Å². The number of halogens is 1. The molecule has 0 amide bonds. The lowest BCUT2D eigenvalue weighted by Crippen LogP contribution is -2.61. The summed E-state index contributed by atoms with van der Waals surface area (Å²) in [7, 11) is 6.31. The summed E-state index contributed by atoms with van der Waals surface area (Å²) < 4.78 is 67.7. The molecule has 0 saturated carbocycles. The fraction of sp³-hybridized carbons (Fsp3) is 0.737. The van der Waals surface area contributed by atoms with Gasteiger partial charge in [-0.3, -0.25) is 9.59 Å². The van der Waals surface area contributed by atoms with Crippen LogP contribution in [-0.4, -0.2) is 183 Å². The molecule has 5 heterocycles. The highest BCUT2D eigenvalue weighted by Gasteiger charge is 2.54. The van der Waals surface area contributed by atoms with Crippen LogP contribution in [0.2, 0.25) is 0 Å². The summed E-state index contributed by atoms with van der Waals surface area (Å²) in [6, 6.07) is 9.10. The van der Waals surface area contributed by atoms with Crippen LogP contribution in [0, 0.1) is 28.9 Å². The SMILES string of the molecule is CC[C@H]1OC(=O)[C@H](C)[C@@H](O[C@H]2C[C@@](C)(OC)[C@@H](O)[C@H](C)O2)[C@H](C)[C@@H](O[C@@H]2O[C@H](C)C[C@H](N(C)CCc3cn([C@H](CF)[C@H](OC)c4ccc(-c5ccc(CO)[n+]([O-])c5)cc4)nn3)[C@H]2O)[C@](C)(OC)C[C@@H](C)C(=O)[C@H](C)[C@@H](O)[C@]1(C)O. The van der Waals surface area contributed by atoms with Gasteiger partial charge in [0.2, 0.25) is 5.69 Å². The summed E-state index contributed by atoms with van der Waals surface area (Å²) in [4.78, 5) is 30.8. The molecule has 444 valence electrons. The number of aliphatic hydroxyl groups is 5. The standard InChI is InChI=1S/C57H88FN5O16/c1-15-44-57(10,70)50(67)33(4)46(65)31(2)25-56(9,74-14)52(34(5)48(35(6)53(69)77-44)78-45-26-55(8,73-13)51(68)36(7)76-45)79-54-47(66)42(24-32(3)75-54)61(11)23-22-40-29-62(60-59-40)43(27-58)49(72-12)38-18-16-37(17-19-38)39-20-21-41(30-64)63(71)28-39/h16-21,28-29,31-36,42-45,47-52,54,64,66-68,70H,15,22-27,30H2,1-14H3/t31-,32-,33+,34+,35-,36+,42+,43-,44-,45+,47-,48+,49-,50-,51+,52-,54+,55-,56-,57-/m1/s1. The zero-order valence-corrected chi connectivity index (χ0v) is 48.4. The van der Waals surface area contributed by atoms with Crippen molar-refractivity contribution in [1.82, 2.24) is 19.9 Å². The molecule has 0 radical (unpaired) electrons. The van der Waals surface area contributed by atoms with Crippen LogP contribution >= 0.6 is 0 Å². The van der Waals surface area contributed by atoms with Crippen molar-refractivity contribution in [3.63, 3.8) is 0 Å². The van der Waals surface area contributed by atoms with Gasteiger partial charge in [0.1, 0.15) is 55.1 Å². The number of ether oxygens (including phenoxy) is 8.